The molecule has 63 heavy (non-hydrogen) atoms. The van der Waals surface area contributed by atoms with Crippen molar-refractivity contribution >= 4 is 104 Å². The van der Waals surface area contributed by atoms with E-state index in [-0.39, 0.29) is 11.8 Å². The number of aliphatic imine (C=N–C) groups is 1. The van der Waals surface area contributed by atoms with Crippen LogP contribution in [0.3, 0.4) is 0 Å². The standard InChI is InChI=1S/C58H39N3OS/c59-58(60-48(40-23-11-4-12-24-40)32-29-37-17-5-1-6-18-37)41-35-46(38-19-7-2-8-20-38)55(47(36-41)39-21-9-3-10-22-39)61-49-27-15-13-25-44(49)53-50(61)33-30-42-43-31-34-52-54(57(43)62-56(42)53)45-26-14-16-28-51(45)63-52/h1-35,47,59H,36H2/b32-29+,59-58?,60-48?. The van der Waals surface area contributed by atoms with E-state index < -0.39 is 0 Å². The van der Waals surface area contributed by atoms with Gasteiger partial charge in [-0.2, -0.15) is 0 Å². The van der Waals surface area contributed by atoms with Gasteiger partial charge in [0.15, 0.2) is 0 Å². The van der Waals surface area contributed by atoms with E-state index in [0.717, 1.165) is 83.0 Å². The van der Waals surface area contributed by atoms with Crippen LogP contribution in [0.4, 0.5) is 0 Å². The van der Waals surface area contributed by atoms with Crippen molar-refractivity contribution in [2.24, 2.45) is 4.99 Å². The number of furan rings is 1. The predicted molar refractivity (Wildman–Crippen MR) is 267 cm³/mol. The van der Waals surface area contributed by atoms with Crippen molar-refractivity contribution < 1.29 is 4.42 Å². The Labute approximate surface area is 368 Å². The van der Waals surface area contributed by atoms with Crippen molar-refractivity contribution in [1.29, 1.82) is 5.41 Å². The molecular weight excluding hydrogens is 787 g/mol. The Morgan fingerprint density at radius 2 is 1.22 bits per heavy atom. The summed E-state index contributed by atoms with van der Waals surface area (Å²) in [7, 11) is 0. The summed E-state index contributed by atoms with van der Waals surface area (Å²) in [5.74, 6) is 0.137. The third kappa shape index (κ3) is 6.28. The van der Waals surface area contributed by atoms with Crippen molar-refractivity contribution in [3.05, 3.63) is 234 Å². The summed E-state index contributed by atoms with van der Waals surface area (Å²) in [6.45, 7) is 0. The number of aromatic nitrogens is 1. The van der Waals surface area contributed by atoms with Gasteiger partial charge in [-0.3, -0.25) is 5.41 Å². The van der Waals surface area contributed by atoms with Gasteiger partial charge in [-0.15, -0.1) is 11.3 Å². The molecule has 5 heteroatoms. The van der Waals surface area contributed by atoms with E-state index in [0.29, 0.717) is 6.42 Å². The van der Waals surface area contributed by atoms with Gasteiger partial charge in [0, 0.05) is 59.1 Å². The topological polar surface area (TPSA) is 54.3 Å². The number of fused-ring (bicyclic) bond motifs is 11. The average molecular weight is 826 g/mol. The number of hydrogen-bond acceptors (Lipinski definition) is 3. The molecule has 3 heterocycles. The zero-order valence-corrected chi connectivity index (χ0v) is 35.0. The van der Waals surface area contributed by atoms with Crippen molar-refractivity contribution in [1.82, 2.24) is 4.57 Å². The van der Waals surface area contributed by atoms with Gasteiger partial charge in [0.25, 0.3) is 0 Å². The number of para-hydroxylation sites is 1. The van der Waals surface area contributed by atoms with Gasteiger partial charge in [-0.05, 0) is 77.2 Å². The Hall–Kier alpha value is -7.86. The summed E-state index contributed by atoms with van der Waals surface area (Å²) in [5.41, 5.74) is 12.2. The molecule has 12 rings (SSSR count). The minimum atomic E-state index is -0.112. The summed E-state index contributed by atoms with van der Waals surface area (Å²) in [4.78, 5) is 5.12. The SMILES string of the molecule is N=C(N=C(/C=C/c1ccccc1)c1ccccc1)C1=CC(c2ccccc2)=C(n2c3ccccc3c3c4oc5c(ccc6sc7ccccc7c65)c4ccc32)C(c2ccccc2)C1. The van der Waals surface area contributed by atoms with Crippen LogP contribution in [0.1, 0.15) is 34.6 Å². The highest BCUT2D eigenvalue weighted by molar-refractivity contribution is 7.26. The largest absolute Gasteiger partial charge is 0.455 e. The van der Waals surface area contributed by atoms with Gasteiger partial charge >= 0.3 is 0 Å². The number of amidine groups is 1. The maximum atomic E-state index is 9.76. The number of nitrogens with zero attached hydrogens (tertiary/aromatic N) is 2. The van der Waals surface area contributed by atoms with Gasteiger partial charge in [-0.1, -0.05) is 164 Å². The Bertz CT molecular complexity index is 3700. The second-order valence-electron chi connectivity index (χ2n) is 16.2. The summed E-state index contributed by atoms with van der Waals surface area (Å²) in [6.07, 6.45) is 6.91. The third-order valence-electron chi connectivity index (χ3n) is 12.5. The highest BCUT2D eigenvalue weighted by Gasteiger charge is 2.32. The normalized spacial score (nSPS) is 14.9. The molecule has 11 aromatic rings. The van der Waals surface area contributed by atoms with Crippen LogP contribution in [0.25, 0.3) is 81.3 Å². The molecule has 0 spiro atoms. The first-order chi connectivity index (χ1) is 31.2. The number of benzene rings is 8. The fourth-order valence-corrected chi connectivity index (χ4v) is 10.7. The summed E-state index contributed by atoms with van der Waals surface area (Å²) >= 11 is 1.81. The fourth-order valence-electron chi connectivity index (χ4n) is 9.61. The van der Waals surface area contributed by atoms with Gasteiger partial charge in [0.2, 0.25) is 0 Å². The van der Waals surface area contributed by atoms with E-state index in [1.165, 1.54) is 25.7 Å². The number of allylic oxidation sites excluding steroid dienone is 4. The molecule has 4 nitrogen and oxygen atoms in total. The van der Waals surface area contributed by atoms with Gasteiger partial charge < -0.3 is 8.98 Å². The number of thiophene rings is 1. The summed E-state index contributed by atoms with van der Waals surface area (Å²) < 4.78 is 12.1. The Balaban J connectivity index is 1.12. The first kappa shape index (κ1) is 36.9. The molecule has 298 valence electrons. The Kier molecular flexibility index (Phi) is 8.94. The molecule has 0 amide bonds. The summed E-state index contributed by atoms with van der Waals surface area (Å²) in [5, 5.41) is 16.7. The first-order valence-corrected chi connectivity index (χ1v) is 22.2. The molecule has 0 fully saturated rings. The van der Waals surface area contributed by atoms with Gasteiger partial charge in [0.05, 0.1) is 22.1 Å². The van der Waals surface area contributed by atoms with Crippen LogP contribution in [-0.4, -0.2) is 16.1 Å². The minimum absolute atomic E-state index is 0.112. The van der Waals surface area contributed by atoms with Crippen molar-refractivity contribution in [3.8, 4) is 0 Å². The highest BCUT2D eigenvalue weighted by Crippen LogP contribution is 2.50. The average Bonchev–Trinajstić information content (AvgIpc) is 4.03. The zero-order valence-electron chi connectivity index (χ0n) is 34.2. The van der Waals surface area contributed by atoms with Crippen LogP contribution < -0.4 is 0 Å². The maximum absolute atomic E-state index is 9.76. The molecule has 0 aliphatic heterocycles. The van der Waals surface area contributed by atoms with Crippen molar-refractivity contribution in [2.45, 2.75) is 12.3 Å². The molecule has 0 saturated heterocycles. The second kappa shape index (κ2) is 15.2. The molecule has 1 aliphatic rings. The highest BCUT2D eigenvalue weighted by atomic mass is 32.1. The Morgan fingerprint density at radius 3 is 2.00 bits per heavy atom. The molecular formula is C58H39N3OS. The smallest absolute Gasteiger partial charge is 0.148 e. The van der Waals surface area contributed by atoms with Crippen LogP contribution >= 0.6 is 11.3 Å². The second-order valence-corrected chi connectivity index (χ2v) is 17.2. The van der Waals surface area contributed by atoms with E-state index in [9.17, 15) is 5.41 Å². The lowest BCUT2D eigenvalue weighted by Crippen LogP contribution is -2.18. The van der Waals surface area contributed by atoms with Crippen LogP contribution in [-0.2, 0) is 0 Å². The molecule has 1 aliphatic carbocycles. The van der Waals surface area contributed by atoms with E-state index in [2.05, 4.69) is 174 Å². The number of rotatable bonds is 7. The third-order valence-corrected chi connectivity index (χ3v) is 13.6. The van der Waals surface area contributed by atoms with E-state index >= 15 is 0 Å². The van der Waals surface area contributed by atoms with Gasteiger partial charge in [0.1, 0.15) is 17.0 Å². The lowest BCUT2D eigenvalue weighted by Gasteiger charge is -2.31. The molecule has 8 aromatic carbocycles. The fraction of sp³-hybridized carbons (Fsp3) is 0.0345. The van der Waals surface area contributed by atoms with Crippen molar-refractivity contribution in [3.63, 3.8) is 0 Å². The molecule has 1 N–H and O–H groups in total. The predicted octanol–water partition coefficient (Wildman–Crippen LogP) is 15.7. The van der Waals surface area contributed by atoms with Crippen LogP contribution in [0.5, 0.6) is 0 Å². The van der Waals surface area contributed by atoms with Gasteiger partial charge in [-0.25, -0.2) is 4.99 Å². The lowest BCUT2D eigenvalue weighted by molar-refractivity contribution is 0.677. The maximum Gasteiger partial charge on any atom is 0.148 e. The molecule has 1 unspecified atom stereocenters. The van der Waals surface area contributed by atoms with E-state index in [1.54, 1.807) is 0 Å². The van der Waals surface area contributed by atoms with Crippen molar-refractivity contribution in [2.75, 3.05) is 0 Å². The van der Waals surface area contributed by atoms with Crippen LogP contribution in [0, 0.1) is 5.41 Å². The lowest BCUT2D eigenvalue weighted by atomic mass is 9.80. The monoisotopic (exact) mass is 825 g/mol. The molecule has 1 atom stereocenters. The Morgan fingerprint density at radius 1 is 0.587 bits per heavy atom. The zero-order chi connectivity index (χ0) is 41.9. The molecule has 0 bridgehead atoms. The first-order valence-electron chi connectivity index (χ1n) is 21.4. The quantitative estimate of drug-likeness (QED) is 0.126. The van der Waals surface area contributed by atoms with Crippen LogP contribution in [0.15, 0.2) is 221 Å². The summed E-state index contributed by atoms with van der Waals surface area (Å²) in [6, 6.07) is 68.2. The molecule has 0 saturated carbocycles. The van der Waals surface area contributed by atoms with Crippen LogP contribution in [0.2, 0.25) is 0 Å². The van der Waals surface area contributed by atoms with E-state index in [1.807, 2.05) is 53.8 Å². The number of nitrogens with one attached hydrogen (secondary N) is 1. The molecule has 3 aromatic heterocycles. The number of hydrogen-bond donors (Lipinski definition) is 1. The van der Waals surface area contributed by atoms with E-state index in [4.69, 9.17) is 9.41 Å². The molecule has 0 radical (unpaired) electrons. The minimum Gasteiger partial charge on any atom is -0.455 e.